The number of carbonyl (C=O) groups excluding carboxylic acids is 1. The zero-order valence-electron chi connectivity index (χ0n) is 16.0. The minimum atomic E-state index is 0.0236. The van der Waals surface area contributed by atoms with Gasteiger partial charge in [0.25, 0.3) is 5.56 Å². The molecule has 1 atom stereocenters. The van der Waals surface area contributed by atoms with Gasteiger partial charge >= 0.3 is 0 Å². The van der Waals surface area contributed by atoms with Gasteiger partial charge in [-0.05, 0) is 49.9 Å². The minimum Gasteiger partial charge on any atom is -0.309 e. The molecule has 142 valence electrons. The van der Waals surface area contributed by atoms with E-state index in [-0.39, 0.29) is 23.6 Å². The lowest BCUT2D eigenvalue weighted by molar-refractivity contribution is -0.118. The molecule has 5 nitrogen and oxygen atoms in total. The van der Waals surface area contributed by atoms with Crippen molar-refractivity contribution < 1.29 is 4.79 Å². The molecule has 1 aliphatic heterocycles. The molecule has 0 radical (unpaired) electrons. The van der Waals surface area contributed by atoms with Gasteiger partial charge in [0.05, 0.1) is 10.9 Å². The van der Waals surface area contributed by atoms with Crippen molar-refractivity contribution >= 4 is 22.5 Å². The molecule has 28 heavy (non-hydrogen) atoms. The maximum Gasteiger partial charge on any atom is 0.261 e. The summed E-state index contributed by atoms with van der Waals surface area (Å²) in [6.07, 6.45) is 3.76. The number of benzene rings is 2. The molecule has 2 heterocycles. The van der Waals surface area contributed by atoms with Gasteiger partial charge in [-0.15, -0.1) is 0 Å². The van der Waals surface area contributed by atoms with Gasteiger partial charge in [0, 0.05) is 30.6 Å². The van der Waals surface area contributed by atoms with Crippen LogP contribution in [0.1, 0.15) is 43.6 Å². The summed E-state index contributed by atoms with van der Waals surface area (Å²) in [4.78, 5) is 32.7. The van der Waals surface area contributed by atoms with Gasteiger partial charge in [-0.25, -0.2) is 4.98 Å². The molecule has 1 aromatic heterocycles. The molecule has 5 heteroatoms. The first-order valence-electron chi connectivity index (χ1n) is 10.0. The topological polar surface area (TPSA) is 55.2 Å². The Labute approximate surface area is 163 Å². The van der Waals surface area contributed by atoms with Crippen LogP contribution in [0.4, 0.5) is 5.69 Å². The number of hydrogen-bond acceptors (Lipinski definition) is 3. The summed E-state index contributed by atoms with van der Waals surface area (Å²) < 4.78 is 1.83. The highest BCUT2D eigenvalue weighted by Gasteiger charge is 2.32. The highest BCUT2D eigenvalue weighted by atomic mass is 16.2. The van der Waals surface area contributed by atoms with Crippen LogP contribution in [0.25, 0.3) is 10.9 Å². The van der Waals surface area contributed by atoms with Crippen LogP contribution in [0.5, 0.6) is 0 Å². The third-order valence-corrected chi connectivity index (χ3v) is 5.83. The van der Waals surface area contributed by atoms with Crippen LogP contribution in [0, 0.1) is 0 Å². The van der Waals surface area contributed by atoms with E-state index in [0.29, 0.717) is 23.7 Å². The van der Waals surface area contributed by atoms with Crippen molar-refractivity contribution in [2.45, 2.75) is 51.1 Å². The van der Waals surface area contributed by atoms with Gasteiger partial charge in [0.15, 0.2) is 0 Å². The largest absolute Gasteiger partial charge is 0.309 e. The fourth-order valence-electron chi connectivity index (χ4n) is 4.36. The highest BCUT2D eigenvalue weighted by molar-refractivity contribution is 5.96. The third-order valence-electron chi connectivity index (χ3n) is 5.83. The SMILES string of the molecule is CC1Cc2ccccc2N1C(=O)CCc1nc2ccccc2c(=O)n1C1CC1. The van der Waals surface area contributed by atoms with E-state index in [1.807, 2.05) is 51.9 Å². The number of rotatable bonds is 4. The number of para-hydroxylation sites is 2. The Balaban J connectivity index is 1.44. The van der Waals surface area contributed by atoms with Crippen molar-refractivity contribution in [3.63, 3.8) is 0 Å². The summed E-state index contributed by atoms with van der Waals surface area (Å²) >= 11 is 0. The molecule has 2 aliphatic rings. The van der Waals surface area contributed by atoms with E-state index in [2.05, 4.69) is 13.0 Å². The molecule has 0 saturated heterocycles. The van der Waals surface area contributed by atoms with Crippen molar-refractivity contribution in [2.24, 2.45) is 0 Å². The van der Waals surface area contributed by atoms with Crippen LogP contribution in [0.15, 0.2) is 53.3 Å². The van der Waals surface area contributed by atoms with E-state index < -0.39 is 0 Å². The maximum atomic E-state index is 13.0. The van der Waals surface area contributed by atoms with Crippen LogP contribution in [-0.4, -0.2) is 21.5 Å². The fraction of sp³-hybridized carbons (Fsp3) is 0.348. The maximum absolute atomic E-state index is 13.0. The second kappa shape index (κ2) is 6.59. The molecule has 1 unspecified atom stereocenters. The first-order chi connectivity index (χ1) is 13.6. The number of carbonyl (C=O) groups is 1. The van der Waals surface area contributed by atoms with Crippen molar-refractivity contribution in [1.82, 2.24) is 9.55 Å². The zero-order valence-corrected chi connectivity index (χ0v) is 16.0. The number of fused-ring (bicyclic) bond motifs is 2. The van der Waals surface area contributed by atoms with Crippen LogP contribution in [0.3, 0.4) is 0 Å². The van der Waals surface area contributed by atoms with Gasteiger partial charge in [-0.3, -0.25) is 14.2 Å². The third kappa shape index (κ3) is 2.82. The van der Waals surface area contributed by atoms with Crippen LogP contribution in [0.2, 0.25) is 0 Å². The minimum absolute atomic E-state index is 0.0236. The summed E-state index contributed by atoms with van der Waals surface area (Å²) in [5.41, 5.74) is 2.98. The quantitative estimate of drug-likeness (QED) is 0.702. The molecule has 0 bridgehead atoms. The number of nitrogens with zero attached hydrogens (tertiary/aromatic N) is 3. The summed E-state index contributed by atoms with van der Waals surface area (Å²) in [5, 5.41) is 0.659. The molecule has 1 amide bonds. The molecule has 0 N–H and O–H groups in total. The smallest absolute Gasteiger partial charge is 0.261 e. The molecule has 0 spiro atoms. The molecule has 1 fully saturated rings. The number of aromatic nitrogens is 2. The predicted octanol–water partition coefficient (Wildman–Crippen LogP) is 3.64. The summed E-state index contributed by atoms with van der Waals surface area (Å²) in [6.45, 7) is 2.09. The Morgan fingerprint density at radius 3 is 2.68 bits per heavy atom. The van der Waals surface area contributed by atoms with Crippen molar-refractivity contribution in [3.8, 4) is 0 Å². The van der Waals surface area contributed by atoms with Gasteiger partial charge in [-0.1, -0.05) is 30.3 Å². The van der Waals surface area contributed by atoms with E-state index >= 15 is 0 Å². The number of anilines is 1. The molecule has 2 aromatic carbocycles. The number of aryl methyl sites for hydroxylation is 1. The Hall–Kier alpha value is -2.95. The lowest BCUT2D eigenvalue weighted by atomic mass is 10.1. The lowest BCUT2D eigenvalue weighted by Crippen LogP contribution is -2.36. The number of hydrogen-bond donors (Lipinski definition) is 0. The van der Waals surface area contributed by atoms with Gasteiger partial charge in [0.2, 0.25) is 5.91 Å². The fourth-order valence-corrected chi connectivity index (χ4v) is 4.36. The van der Waals surface area contributed by atoms with Gasteiger partial charge < -0.3 is 4.90 Å². The monoisotopic (exact) mass is 373 g/mol. The van der Waals surface area contributed by atoms with E-state index in [1.165, 1.54) is 5.56 Å². The first kappa shape index (κ1) is 17.2. The van der Waals surface area contributed by atoms with E-state index in [4.69, 9.17) is 4.98 Å². The van der Waals surface area contributed by atoms with Gasteiger partial charge in [-0.2, -0.15) is 0 Å². The molecular formula is C23H23N3O2. The van der Waals surface area contributed by atoms with Crippen LogP contribution >= 0.6 is 0 Å². The zero-order chi connectivity index (χ0) is 19.3. The molecule has 1 saturated carbocycles. The van der Waals surface area contributed by atoms with E-state index in [1.54, 1.807) is 0 Å². The standard InChI is InChI=1S/C23H23N3O2/c1-15-14-16-6-2-5-9-20(16)25(15)22(27)13-12-21-24-19-8-4-3-7-18(19)23(28)26(21)17-10-11-17/h2-9,15,17H,10-14H2,1H3. The average Bonchev–Trinajstić information content (AvgIpc) is 3.47. The van der Waals surface area contributed by atoms with E-state index in [9.17, 15) is 9.59 Å². The first-order valence-corrected chi connectivity index (χ1v) is 10.0. The second-order valence-corrected chi connectivity index (χ2v) is 7.90. The van der Waals surface area contributed by atoms with Crippen molar-refractivity contribution in [3.05, 3.63) is 70.3 Å². The Bertz CT molecular complexity index is 1130. The van der Waals surface area contributed by atoms with Crippen LogP contribution < -0.4 is 10.5 Å². The number of amides is 1. The van der Waals surface area contributed by atoms with E-state index in [0.717, 1.165) is 30.8 Å². The second-order valence-electron chi connectivity index (χ2n) is 7.90. The van der Waals surface area contributed by atoms with Crippen molar-refractivity contribution in [2.75, 3.05) is 4.90 Å². The highest BCUT2D eigenvalue weighted by Crippen LogP contribution is 2.35. The Morgan fingerprint density at radius 1 is 1.11 bits per heavy atom. The summed E-state index contributed by atoms with van der Waals surface area (Å²) in [6, 6.07) is 16.0. The summed E-state index contributed by atoms with van der Waals surface area (Å²) in [7, 11) is 0. The molecule has 3 aromatic rings. The Morgan fingerprint density at radius 2 is 1.86 bits per heavy atom. The lowest BCUT2D eigenvalue weighted by Gasteiger charge is -2.23. The predicted molar refractivity (Wildman–Crippen MR) is 110 cm³/mol. The average molecular weight is 373 g/mol. The van der Waals surface area contributed by atoms with Crippen molar-refractivity contribution in [1.29, 1.82) is 0 Å². The van der Waals surface area contributed by atoms with Gasteiger partial charge in [0.1, 0.15) is 5.82 Å². The summed E-state index contributed by atoms with van der Waals surface area (Å²) in [5.74, 6) is 0.835. The molecular weight excluding hydrogens is 350 g/mol. The van der Waals surface area contributed by atoms with Crippen LogP contribution in [-0.2, 0) is 17.6 Å². The normalized spacial score (nSPS) is 18.5. The molecule has 1 aliphatic carbocycles. The Kier molecular flexibility index (Phi) is 4.04. The molecule has 5 rings (SSSR count).